The first-order chi connectivity index (χ1) is 16.5. The van der Waals surface area contributed by atoms with Gasteiger partial charge in [-0.25, -0.2) is 8.42 Å². The zero-order chi connectivity index (χ0) is 25.8. The molecule has 0 fully saturated rings. The highest BCUT2D eigenvalue weighted by atomic mass is 35.5. The van der Waals surface area contributed by atoms with Crippen LogP contribution in [0.3, 0.4) is 0 Å². The molecule has 3 rings (SSSR count). The molecule has 0 unspecified atom stereocenters. The van der Waals surface area contributed by atoms with E-state index in [0.29, 0.717) is 21.1 Å². The Balaban J connectivity index is 2.05. The molecule has 0 saturated heterocycles. The van der Waals surface area contributed by atoms with Crippen molar-refractivity contribution in [1.82, 2.24) is 0 Å². The van der Waals surface area contributed by atoms with Crippen LogP contribution in [0.15, 0.2) is 71.6 Å². The molecule has 0 aromatic heterocycles. The number of benzene rings is 3. The molecule has 0 heterocycles. The average molecular weight is 529 g/mol. The van der Waals surface area contributed by atoms with Crippen LogP contribution in [0.1, 0.15) is 5.56 Å². The van der Waals surface area contributed by atoms with E-state index in [4.69, 9.17) is 21.1 Å². The first kappa shape index (κ1) is 26.2. The summed E-state index contributed by atoms with van der Waals surface area (Å²) >= 11 is 5.83. The predicted octanol–water partition coefficient (Wildman–Crippen LogP) is 5.21. The zero-order valence-electron chi connectivity index (χ0n) is 18.5. The summed E-state index contributed by atoms with van der Waals surface area (Å²) < 4.78 is 77.9. The van der Waals surface area contributed by atoms with Gasteiger partial charge in [0.25, 0.3) is 10.0 Å². The van der Waals surface area contributed by atoms with Crippen LogP contribution < -0.4 is 19.1 Å². The normalized spacial score (nSPS) is 11.6. The molecular weight excluding hydrogens is 509 g/mol. The van der Waals surface area contributed by atoms with Crippen molar-refractivity contribution >= 4 is 38.9 Å². The van der Waals surface area contributed by atoms with E-state index < -0.39 is 34.2 Å². The van der Waals surface area contributed by atoms with Gasteiger partial charge in [0.05, 0.1) is 30.4 Å². The minimum Gasteiger partial charge on any atom is -0.493 e. The van der Waals surface area contributed by atoms with Crippen molar-refractivity contribution in [3.63, 3.8) is 0 Å². The van der Waals surface area contributed by atoms with Gasteiger partial charge in [-0.2, -0.15) is 13.2 Å². The molecule has 1 amide bonds. The molecular formula is C23H20ClF3N2O5S. The molecule has 7 nitrogen and oxygen atoms in total. The summed E-state index contributed by atoms with van der Waals surface area (Å²) in [5.74, 6) is -0.450. The van der Waals surface area contributed by atoms with Crippen LogP contribution in [0, 0.1) is 0 Å². The first-order valence-electron chi connectivity index (χ1n) is 9.93. The van der Waals surface area contributed by atoms with Gasteiger partial charge in [0.1, 0.15) is 6.54 Å². The van der Waals surface area contributed by atoms with E-state index in [9.17, 15) is 26.4 Å². The number of hydrogen-bond donors (Lipinski definition) is 1. The maximum Gasteiger partial charge on any atom is 0.416 e. The van der Waals surface area contributed by atoms with E-state index in [2.05, 4.69) is 5.32 Å². The number of alkyl halides is 3. The largest absolute Gasteiger partial charge is 0.493 e. The number of anilines is 2. The summed E-state index contributed by atoms with van der Waals surface area (Å²) in [6, 6.07) is 13.4. The van der Waals surface area contributed by atoms with Crippen molar-refractivity contribution < 1.29 is 35.9 Å². The fourth-order valence-electron chi connectivity index (χ4n) is 3.12. The van der Waals surface area contributed by atoms with Crippen molar-refractivity contribution in [3.05, 3.63) is 77.3 Å². The van der Waals surface area contributed by atoms with Crippen LogP contribution in [-0.4, -0.2) is 35.1 Å². The molecule has 0 spiro atoms. The average Bonchev–Trinajstić information content (AvgIpc) is 2.83. The van der Waals surface area contributed by atoms with E-state index in [1.165, 1.54) is 56.7 Å². The Labute approximate surface area is 205 Å². The molecule has 3 aromatic carbocycles. The van der Waals surface area contributed by atoms with E-state index in [1.807, 2.05) is 0 Å². The highest BCUT2D eigenvalue weighted by Crippen LogP contribution is 2.35. The van der Waals surface area contributed by atoms with Crippen molar-refractivity contribution in [3.8, 4) is 11.5 Å². The Bertz CT molecular complexity index is 1320. The number of halogens is 4. The quantitative estimate of drug-likeness (QED) is 0.434. The number of ether oxygens (including phenoxy) is 2. The van der Waals surface area contributed by atoms with Crippen LogP contribution in [0.25, 0.3) is 0 Å². The van der Waals surface area contributed by atoms with Gasteiger partial charge in [-0.15, -0.1) is 0 Å². The Morgan fingerprint density at radius 3 is 2.23 bits per heavy atom. The van der Waals surface area contributed by atoms with Gasteiger partial charge in [-0.05, 0) is 54.6 Å². The number of nitrogens with zero attached hydrogens (tertiary/aromatic N) is 1. The second kappa shape index (κ2) is 10.4. The minimum absolute atomic E-state index is 0.0863. The maximum absolute atomic E-state index is 13.5. The fraction of sp³-hybridized carbons (Fsp3) is 0.174. The second-order valence-electron chi connectivity index (χ2n) is 7.13. The molecule has 0 radical (unpaired) electrons. The summed E-state index contributed by atoms with van der Waals surface area (Å²) in [7, 11) is -1.85. The number of amides is 1. The van der Waals surface area contributed by atoms with Gasteiger partial charge in [0.15, 0.2) is 11.5 Å². The summed E-state index contributed by atoms with van der Waals surface area (Å²) in [6.07, 6.45) is -4.72. The Hall–Kier alpha value is -3.44. The van der Waals surface area contributed by atoms with Crippen LogP contribution in [0.2, 0.25) is 5.02 Å². The Kier molecular flexibility index (Phi) is 7.81. The summed E-state index contributed by atoms with van der Waals surface area (Å²) in [5.41, 5.74) is -1.09. The molecule has 186 valence electrons. The van der Waals surface area contributed by atoms with E-state index >= 15 is 0 Å². The number of rotatable bonds is 8. The number of methoxy groups -OCH3 is 2. The Morgan fingerprint density at radius 1 is 0.971 bits per heavy atom. The van der Waals surface area contributed by atoms with Crippen molar-refractivity contribution in [2.75, 3.05) is 30.4 Å². The topological polar surface area (TPSA) is 84.9 Å². The van der Waals surface area contributed by atoms with E-state index in [0.717, 1.165) is 18.2 Å². The third-order valence-corrected chi connectivity index (χ3v) is 6.84. The lowest BCUT2D eigenvalue weighted by Gasteiger charge is -2.25. The smallest absolute Gasteiger partial charge is 0.416 e. The SMILES string of the molecule is COc1ccc(S(=O)(=O)N(CC(=O)Nc2ccc(Cl)cc2)c2cccc(C(F)(F)F)c2)cc1OC. The molecule has 1 N–H and O–H groups in total. The zero-order valence-corrected chi connectivity index (χ0v) is 20.0. The van der Waals surface area contributed by atoms with Gasteiger partial charge in [-0.3, -0.25) is 9.10 Å². The molecule has 3 aromatic rings. The lowest BCUT2D eigenvalue weighted by Crippen LogP contribution is -2.38. The number of carbonyl (C=O) groups excluding carboxylic acids is 1. The summed E-state index contributed by atoms with van der Waals surface area (Å²) in [4.78, 5) is 12.4. The molecule has 0 aliphatic carbocycles. The van der Waals surface area contributed by atoms with Crippen molar-refractivity contribution in [1.29, 1.82) is 0 Å². The molecule has 0 aliphatic heterocycles. The van der Waals surface area contributed by atoms with Crippen LogP contribution >= 0.6 is 11.6 Å². The molecule has 0 atom stereocenters. The van der Waals surface area contributed by atoms with Gasteiger partial charge < -0.3 is 14.8 Å². The highest BCUT2D eigenvalue weighted by molar-refractivity contribution is 7.92. The van der Waals surface area contributed by atoms with Gasteiger partial charge >= 0.3 is 6.18 Å². The number of sulfonamides is 1. The third-order valence-electron chi connectivity index (χ3n) is 4.82. The standard InChI is InChI=1S/C23H20ClF3N2O5S/c1-33-20-11-10-19(13-21(20)34-2)35(31,32)29(18-5-3-4-15(12-18)23(25,26)27)14-22(30)28-17-8-6-16(24)7-9-17/h3-13H,14H2,1-2H3,(H,28,30). The van der Waals surface area contributed by atoms with Crippen LogP contribution in [0.5, 0.6) is 11.5 Å². The number of nitrogens with one attached hydrogen (secondary N) is 1. The van der Waals surface area contributed by atoms with Gasteiger partial charge in [0.2, 0.25) is 5.91 Å². The van der Waals surface area contributed by atoms with E-state index in [-0.39, 0.29) is 22.1 Å². The number of hydrogen-bond acceptors (Lipinski definition) is 5. The molecule has 0 saturated carbocycles. The summed E-state index contributed by atoms with van der Waals surface area (Å²) in [5, 5.41) is 2.93. The predicted molar refractivity (Wildman–Crippen MR) is 126 cm³/mol. The number of carbonyl (C=O) groups is 1. The fourth-order valence-corrected chi connectivity index (χ4v) is 4.68. The second-order valence-corrected chi connectivity index (χ2v) is 9.43. The van der Waals surface area contributed by atoms with Crippen molar-refractivity contribution in [2.24, 2.45) is 0 Å². The first-order valence-corrected chi connectivity index (χ1v) is 11.7. The van der Waals surface area contributed by atoms with Gasteiger partial charge in [0, 0.05) is 16.8 Å². The minimum atomic E-state index is -4.72. The molecule has 0 aliphatic rings. The third kappa shape index (κ3) is 6.17. The van der Waals surface area contributed by atoms with Crippen LogP contribution in [0.4, 0.5) is 24.5 Å². The van der Waals surface area contributed by atoms with Crippen molar-refractivity contribution in [2.45, 2.75) is 11.1 Å². The van der Waals surface area contributed by atoms with Crippen LogP contribution in [-0.2, 0) is 21.0 Å². The van der Waals surface area contributed by atoms with Gasteiger partial charge in [-0.1, -0.05) is 17.7 Å². The highest BCUT2D eigenvalue weighted by Gasteiger charge is 2.33. The monoisotopic (exact) mass is 528 g/mol. The maximum atomic E-state index is 13.5. The van der Waals surface area contributed by atoms with E-state index in [1.54, 1.807) is 0 Å². The lowest BCUT2D eigenvalue weighted by atomic mass is 10.2. The molecule has 35 heavy (non-hydrogen) atoms. The molecule has 0 bridgehead atoms. The molecule has 12 heteroatoms. The lowest BCUT2D eigenvalue weighted by molar-refractivity contribution is -0.137. The Morgan fingerprint density at radius 2 is 1.63 bits per heavy atom. The summed E-state index contributed by atoms with van der Waals surface area (Å²) in [6.45, 7) is -0.805.